The summed E-state index contributed by atoms with van der Waals surface area (Å²) in [6, 6.07) is 0. The molecular weight excluding hydrogens is 543 g/mol. The minimum Gasteiger partial charge on any atom is -0.419 e. The van der Waals surface area contributed by atoms with Crippen LogP contribution in [-0.2, 0) is 9.47 Å². The zero-order valence-electron chi connectivity index (χ0n) is 11.2. The third-order valence-electron chi connectivity index (χ3n) is 1.49. The largest absolute Gasteiger partial charge is 0.419 e. The van der Waals surface area contributed by atoms with Crippen LogP contribution in [0, 0.1) is 6.43 Å². The zero-order valence-corrected chi connectivity index (χ0v) is 17.6. The van der Waals surface area contributed by atoms with Gasteiger partial charge in [-0.1, -0.05) is 6.92 Å². The molecule has 10 heteroatoms. The van der Waals surface area contributed by atoms with Crippen LogP contribution in [0.1, 0.15) is 13.3 Å². The van der Waals surface area contributed by atoms with Gasteiger partial charge in [-0.3, -0.25) is 0 Å². The Morgan fingerprint density at radius 1 is 1.20 bits per heavy atom. The minimum atomic E-state index is -3.46. The van der Waals surface area contributed by atoms with Crippen molar-refractivity contribution in [1.29, 1.82) is 0 Å². The maximum absolute atomic E-state index is 11.4. The van der Waals surface area contributed by atoms with E-state index >= 15 is 0 Å². The van der Waals surface area contributed by atoms with Crippen molar-refractivity contribution in [3.05, 3.63) is 6.43 Å². The fourth-order valence-electron chi connectivity index (χ4n) is 0.604. The van der Waals surface area contributed by atoms with Gasteiger partial charge in [0.15, 0.2) is 0 Å². The SMILES string of the molecule is CCC(O)(F)F.OCCOCC(O)COC[C-](F)F.[Rf]. The topological polar surface area (TPSA) is 79.2 Å². The summed E-state index contributed by atoms with van der Waals surface area (Å²) in [7, 11) is 0. The van der Waals surface area contributed by atoms with Crippen molar-refractivity contribution in [1.82, 2.24) is 0 Å². The first-order valence-electron chi connectivity index (χ1n) is 5.44. The van der Waals surface area contributed by atoms with Gasteiger partial charge < -0.3 is 33.6 Å². The first-order valence-corrected chi connectivity index (χ1v) is 5.44. The first-order chi connectivity index (χ1) is 8.72. The van der Waals surface area contributed by atoms with Crippen LogP contribution in [0.4, 0.5) is 17.6 Å². The number of ether oxygens (including phenoxy) is 2. The molecule has 5 nitrogen and oxygen atoms in total. The molecule has 1 unspecified atom stereocenters. The van der Waals surface area contributed by atoms with E-state index in [4.69, 9.17) is 20.1 Å². The van der Waals surface area contributed by atoms with Gasteiger partial charge in [-0.15, -0.1) is 0 Å². The molecule has 3 N–H and O–H groups in total. The smallest absolute Gasteiger partial charge is 0.353 e. The molecule has 0 saturated heterocycles. The molecule has 0 saturated carbocycles. The van der Waals surface area contributed by atoms with Crippen LogP contribution in [0.3, 0.4) is 0 Å². The summed E-state index contributed by atoms with van der Waals surface area (Å²) in [5.74, 6) is 0. The predicted octanol–water partition coefficient (Wildman–Crippen LogP) is 0.783. The molecule has 0 aromatic rings. The number of alkyl halides is 2. The molecular formula is C10H19F4O5Rf-. The Kier molecular flexibility index (Phi) is 16.5. The maximum atomic E-state index is 11.4. The maximum Gasteiger partial charge on any atom is 0.353 e. The van der Waals surface area contributed by atoms with Crippen molar-refractivity contribution in [3.63, 3.8) is 0 Å². The third kappa shape index (κ3) is 25.4. The zero-order chi connectivity index (χ0) is 15.3. The molecule has 0 rings (SSSR count). The second-order valence-electron chi connectivity index (χ2n) is 3.33. The van der Waals surface area contributed by atoms with Gasteiger partial charge in [0, 0.05) is 12.8 Å². The molecule has 0 heterocycles. The van der Waals surface area contributed by atoms with E-state index < -0.39 is 31.7 Å². The standard InChI is InChI=1S/C7H13F2O4.C3H6F2O.Rf/c8-7(9)5-13-4-6(11)3-12-2-1-10;1-2-3(4,5)6;/h6,10-11H,1-5H2;6H,2H2,1H3;/q-1;;. The van der Waals surface area contributed by atoms with E-state index in [1.54, 1.807) is 0 Å². The van der Waals surface area contributed by atoms with E-state index in [2.05, 4.69) is 4.74 Å². The molecule has 0 aliphatic rings. The van der Waals surface area contributed by atoms with Crippen molar-refractivity contribution in [2.75, 3.05) is 33.0 Å². The van der Waals surface area contributed by atoms with Gasteiger partial charge in [-0.05, 0) is 6.61 Å². The number of hydrogen-bond donors (Lipinski definition) is 3. The van der Waals surface area contributed by atoms with Gasteiger partial charge in [0.05, 0.1) is 26.4 Å². The minimum absolute atomic E-state index is 0. The molecule has 20 heavy (non-hydrogen) atoms. The van der Waals surface area contributed by atoms with Gasteiger partial charge in [-0.25, -0.2) is 0 Å². The van der Waals surface area contributed by atoms with E-state index in [0.29, 0.717) is 0 Å². The van der Waals surface area contributed by atoms with Crippen LogP contribution in [0.5, 0.6) is 0 Å². The van der Waals surface area contributed by atoms with E-state index in [1.165, 1.54) is 6.92 Å². The molecule has 0 spiro atoms. The van der Waals surface area contributed by atoms with Crippen LogP contribution < -0.4 is 0 Å². The molecule has 0 aromatic carbocycles. The summed E-state index contributed by atoms with van der Waals surface area (Å²) in [5, 5.41) is 24.8. The Morgan fingerprint density at radius 2 is 1.65 bits per heavy atom. The van der Waals surface area contributed by atoms with Crippen LogP contribution in [-0.4, -0.2) is 60.6 Å². The molecule has 0 bridgehead atoms. The van der Waals surface area contributed by atoms with Gasteiger partial charge in [0.2, 0.25) is 0 Å². The van der Waals surface area contributed by atoms with Crippen molar-refractivity contribution < 1.29 is 42.4 Å². The fourth-order valence-corrected chi connectivity index (χ4v) is 0.604. The second kappa shape index (κ2) is 13.9. The van der Waals surface area contributed by atoms with Gasteiger partial charge >= 0.3 is 6.11 Å². The predicted molar refractivity (Wildman–Crippen MR) is 57.6 cm³/mol. The number of aliphatic hydroxyl groups excluding tert-OH is 2. The van der Waals surface area contributed by atoms with Gasteiger partial charge in [-0.2, -0.15) is 8.78 Å². The fraction of sp³-hybridized carbons (Fsp3) is 0.900. The summed E-state index contributed by atoms with van der Waals surface area (Å²) in [4.78, 5) is 0. The Labute approximate surface area is 108 Å². The van der Waals surface area contributed by atoms with Crippen LogP contribution in [0.15, 0.2) is 0 Å². The monoisotopic (exact) mass is 562 g/mol. The molecule has 120 valence electrons. The number of rotatable bonds is 9. The second-order valence-corrected chi connectivity index (χ2v) is 3.33. The summed E-state index contributed by atoms with van der Waals surface area (Å²) in [6.07, 6.45) is -6.73. The first kappa shape index (κ1) is 23.6. The number of aliphatic hydroxyl groups is 3. The molecule has 0 aromatic heterocycles. The number of halogens is 4. The molecule has 0 aliphatic carbocycles. The summed E-state index contributed by atoms with van der Waals surface area (Å²) >= 11 is 0. The van der Waals surface area contributed by atoms with Crippen molar-refractivity contribution >= 4 is 0 Å². The molecule has 0 amide bonds. The van der Waals surface area contributed by atoms with Crippen LogP contribution >= 0.6 is 0 Å². The summed E-state index contributed by atoms with van der Waals surface area (Å²) < 4.78 is 54.0. The Balaban J connectivity index is -0.000000352. The summed E-state index contributed by atoms with van der Waals surface area (Å²) in [5.41, 5.74) is 0. The quantitative estimate of drug-likeness (QED) is 0.220. The van der Waals surface area contributed by atoms with Crippen molar-refractivity contribution in [2.45, 2.75) is 25.6 Å². The molecule has 0 aliphatic heterocycles. The summed E-state index contributed by atoms with van der Waals surface area (Å²) in [6.45, 7) is 0.176. The molecule has 0 radical (unpaired) electrons. The Morgan fingerprint density at radius 3 is 2.00 bits per heavy atom. The van der Waals surface area contributed by atoms with Crippen LogP contribution in [0.2, 0.25) is 0 Å². The van der Waals surface area contributed by atoms with Gasteiger partial charge in [0.1, 0.15) is 6.10 Å². The normalized spacial score (nSPS) is 12.4. The van der Waals surface area contributed by atoms with E-state index in [9.17, 15) is 17.6 Å². The van der Waals surface area contributed by atoms with E-state index in [0.717, 1.165) is 0 Å². The number of hydrogen-bond acceptors (Lipinski definition) is 5. The average Bonchev–Trinajstić information content (AvgIpc) is 2.29. The van der Waals surface area contributed by atoms with Crippen LogP contribution in [0.25, 0.3) is 0 Å². The average molecular weight is 562 g/mol. The molecule has 0 fully saturated rings. The molecule has 1 atom stereocenters. The third-order valence-corrected chi connectivity index (χ3v) is 1.49. The van der Waals surface area contributed by atoms with E-state index in [-0.39, 0.29) is 26.4 Å². The van der Waals surface area contributed by atoms with E-state index in [1.807, 2.05) is 0 Å². The van der Waals surface area contributed by atoms with Crippen molar-refractivity contribution in [2.24, 2.45) is 0 Å². The Hall–Kier alpha value is -1.48. The Bertz CT molecular complexity index is 195. The van der Waals surface area contributed by atoms with Crippen molar-refractivity contribution in [3.8, 4) is 0 Å². The van der Waals surface area contributed by atoms with Gasteiger partial charge in [0.25, 0.3) is 0 Å².